The number of nitrogens with one attached hydrogen (secondary N) is 2. The van der Waals surface area contributed by atoms with Crippen LogP contribution in [0, 0.1) is 0 Å². The summed E-state index contributed by atoms with van der Waals surface area (Å²) in [6.45, 7) is 0.104. The molecule has 0 fully saturated rings. The van der Waals surface area contributed by atoms with Crippen LogP contribution >= 0.6 is 0 Å². The van der Waals surface area contributed by atoms with Gasteiger partial charge in [-0.15, -0.1) is 5.10 Å². The van der Waals surface area contributed by atoms with Gasteiger partial charge in [-0.25, -0.2) is 4.79 Å². The lowest BCUT2D eigenvalue weighted by Crippen LogP contribution is -2.45. The van der Waals surface area contributed by atoms with Crippen LogP contribution in [0.5, 0.6) is 0 Å². The fraction of sp³-hybridized carbons (Fsp3) is 0.120. The van der Waals surface area contributed by atoms with Crippen molar-refractivity contribution in [2.24, 2.45) is 0 Å². The number of aromatic amines is 1. The van der Waals surface area contributed by atoms with Crippen molar-refractivity contribution in [2.45, 2.75) is 19.1 Å². The lowest BCUT2D eigenvalue weighted by molar-refractivity contribution is 0.0824. The molecule has 8 nitrogen and oxygen atoms in total. The lowest BCUT2D eigenvalue weighted by atomic mass is 10.0. The number of H-pyrrole nitrogens is 1. The van der Waals surface area contributed by atoms with Gasteiger partial charge >= 0.3 is 6.09 Å². The number of amides is 1. The van der Waals surface area contributed by atoms with Crippen molar-refractivity contribution in [2.75, 3.05) is 0 Å². The smallest absolute Gasteiger partial charge is 0.408 e. The SMILES string of the molecule is O=C(NC(Cc1c[nH]c2ccccc12)C(=O)n1nnc2ccccc21)OCc1ccccc1. The molecular weight excluding hydrogens is 418 g/mol. The Bertz CT molecular complexity index is 1420. The number of para-hydroxylation sites is 2. The summed E-state index contributed by atoms with van der Waals surface area (Å²) in [7, 11) is 0. The number of benzene rings is 3. The van der Waals surface area contributed by atoms with Crippen LogP contribution in [0.4, 0.5) is 4.79 Å². The molecule has 0 aliphatic carbocycles. The molecule has 2 N–H and O–H groups in total. The Hall–Kier alpha value is -4.46. The van der Waals surface area contributed by atoms with Crippen LogP contribution in [0.3, 0.4) is 0 Å². The van der Waals surface area contributed by atoms with E-state index in [1.54, 1.807) is 12.1 Å². The fourth-order valence-corrected chi connectivity index (χ4v) is 3.81. The van der Waals surface area contributed by atoms with Crippen molar-refractivity contribution < 1.29 is 14.3 Å². The maximum atomic E-state index is 13.5. The minimum Gasteiger partial charge on any atom is -0.445 e. The minimum absolute atomic E-state index is 0.104. The molecule has 2 aromatic heterocycles. The summed E-state index contributed by atoms with van der Waals surface area (Å²) in [4.78, 5) is 29.3. The number of carbonyl (C=O) groups excluding carboxylic acids is 2. The molecule has 1 amide bonds. The maximum absolute atomic E-state index is 13.5. The van der Waals surface area contributed by atoms with E-state index in [0.29, 0.717) is 11.0 Å². The summed E-state index contributed by atoms with van der Waals surface area (Å²) < 4.78 is 6.59. The number of aromatic nitrogens is 4. The summed E-state index contributed by atoms with van der Waals surface area (Å²) >= 11 is 0. The average molecular weight is 439 g/mol. The van der Waals surface area contributed by atoms with Gasteiger partial charge in [-0.1, -0.05) is 65.9 Å². The van der Waals surface area contributed by atoms with Gasteiger partial charge in [0.1, 0.15) is 18.2 Å². The Morgan fingerprint density at radius 1 is 0.970 bits per heavy atom. The molecule has 5 aromatic rings. The third-order valence-electron chi connectivity index (χ3n) is 5.46. The average Bonchev–Trinajstić information content (AvgIpc) is 3.47. The van der Waals surface area contributed by atoms with Crippen LogP contribution in [-0.4, -0.2) is 38.0 Å². The van der Waals surface area contributed by atoms with E-state index in [2.05, 4.69) is 20.6 Å². The van der Waals surface area contributed by atoms with Crippen molar-refractivity contribution in [3.8, 4) is 0 Å². The molecule has 0 aliphatic heterocycles. The van der Waals surface area contributed by atoms with Crippen LogP contribution in [0.1, 0.15) is 15.9 Å². The third kappa shape index (κ3) is 4.31. The zero-order chi connectivity index (χ0) is 22.6. The zero-order valence-electron chi connectivity index (χ0n) is 17.6. The van der Waals surface area contributed by atoms with Gasteiger partial charge in [0.2, 0.25) is 0 Å². The van der Waals surface area contributed by atoms with Crippen molar-refractivity contribution in [1.29, 1.82) is 0 Å². The van der Waals surface area contributed by atoms with E-state index in [-0.39, 0.29) is 13.0 Å². The number of alkyl carbamates (subject to hydrolysis) is 1. The Labute approximate surface area is 189 Å². The highest BCUT2D eigenvalue weighted by molar-refractivity contribution is 5.94. The summed E-state index contributed by atoms with van der Waals surface area (Å²) in [6.07, 6.45) is 1.43. The summed E-state index contributed by atoms with van der Waals surface area (Å²) in [5.74, 6) is -0.398. The third-order valence-corrected chi connectivity index (χ3v) is 5.46. The number of nitrogens with zero attached hydrogens (tertiary/aromatic N) is 3. The summed E-state index contributed by atoms with van der Waals surface area (Å²) in [5.41, 5.74) is 3.89. The number of rotatable bonds is 6. The van der Waals surface area contributed by atoms with E-state index in [0.717, 1.165) is 22.0 Å². The Balaban J connectivity index is 1.41. The molecule has 0 spiro atoms. The topological polar surface area (TPSA) is 102 Å². The van der Waals surface area contributed by atoms with E-state index >= 15 is 0 Å². The zero-order valence-corrected chi connectivity index (χ0v) is 17.6. The Morgan fingerprint density at radius 2 is 1.73 bits per heavy atom. The fourth-order valence-electron chi connectivity index (χ4n) is 3.81. The molecule has 0 radical (unpaired) electrons. The van der Waals surface area contributed by atoms with Gasteiger partial charge in [0.25, 0.3) is 5.91 Å². The molecule has 0 aliphatic rings. The molecule has 0 saturated carbocycles. The summed E-state index contributed by atoms with van der Waals surface area (Å²) in [5, 5.41) is 11.8. The Morgan fingerprint density at radius 3 is 2.61 bits per heavy atom. The van der Waals surface area contributed by atoms with E-state index in [9.17, 15) is 9.59 Å². The van der Waals surface area contributed by atoms with Gasteiger partial charge in [0.15, 0.2) is 0 Å². The van der Waals surface area contributed by atoms with Gasteiger partial charge in [-0.2, -0.15) is 4.68 Å². The molecule has 0 bridgehead atoms. The quantitative estimate of drug-likeness (QED) is 0.415. The lowest BCUT2D eigenvalue weighted by Gasteiger charge is -2.17. The van der Waals surface area contributed by atoms with E-state index in [1.165, 1.54) is 4.68 Å². The molecule has 8 heteroatoms. The van der Waals surface area contributed by atoms with Gasteiger partial charge in [0, 0.05) is 23.5 Å². The van der Waals surface area contributed by atoms with Crippen molar-refractivity contribution in [3.05, 3.63) is 96.2 Å². The summed E-state index contributed by atoms with van der Waals surface area (Å²) in [6, 6.07) is 23.4. The number of fused-ring (bicyclic) bond motifs is 2. The second-order valence-corrected chi connectivity index (χ2v) is 7.65. The molecular formula is C25H21N5O3. The van der Waals surface area contributed by atoms with Gasteiger partial charge < -0.3 is 15.0 Å². The van der Waals surface area contributed by atoms with Gasteiger partial charge in [-0.3, -0.25) is 4.79 Å². The monoisotopic (exact) mass is 439 g/mol. The molecule has 5 rings (SSSR count). The van der Waals surface area contributed by atoms with Crippen LogP contribution in [0.2, 0.25) is 0 Å². The number of ether oxygens (including phenoxy) is 1. The second-order valence-electron chi connectivity index (χ2n) is 7.65. The standard InChI is InChI=1S/C25H21N5O3/c31-24(30-23-13-7-6-12-21(23)28-29-30)22(14-18-15-26-20-11-5-4-10-19(18)20)27-25(32)33-16-17-8-2-1-3-9-17/h1-13,15,22,26H,14,16H2,(H,27,32). The number of hydrogen-bond acceptors (Lipinski definition) is 5. The predicted molar refractivity (Wildman–Crippen MR) is 124 cm³/mol. The van der Waals surface area contributed by atoms with Crippen molar-refractivity contribution in [1.82, 2.24) is 25.3 Å². The van der Waals surface area contributed by atoms with Crippen molar-refractivity contribution >= 4 is 33.9 Å². The highest BCUT2D eigenvalue weighted by atomic mass is 16.5. The molecule has 2 heterocycles. The maximum Gasteiger partial charge on any atom is 0.408 e. The number of carbonyl (C=O) groups is 2. The van der Waals surface area contributed by atoms with E-state index in [4.69, 9.17) is 4.74 Å². The molecule has 1 unspecified atom stereocenters. The van der Waals surface area contributed by atoms with Crippen LogP contribution < -0.4 is 5.32 Å². The van der Waals surface area contributed by atoms with Crippen molar-refractivity contribution in [3.63, 3.8) is 0 Å². The largest absolute Gasteiger partial charge is 0.445 e. The first-order valence-corrected chi connectivity index (χ1v) is 10.6. The van der Waals surface area contributed by atoms with Crippen LogP contribution in [0.25, 0.3) is 21.9 Å². The molecule has 1 atom stereocenters. The highest BCUT2D eigenvalue weighted by Gasteiger charge is 2.27. The molecule has 164 valence electrons. The van der Waals surface area contributed by atoms with E-state index in [1.807, 2.05) is 72.9 Å². The van der Waals surface area contributed by atoms with Crippen LogP contribution in [0.15, 0.2) is 85.1 Å². The predicted octanol–water partition coefficient (Wildman–Crippen LogP) is 4.09. The number of hydrogen-bond donors (Lipinski definition) is 2. The van der Waals surface area contributed by atoms with Crippen LogP contribution in [-0.2, 0) is 17.8 Å². The van der Waals surface area contributed by atoms with Gasteiger partial charge in [-0.05, 0) is 29.3 Å². The molecule has 3 aromatic carbocycles. The first-order chi connectivity index (χ1) is 16.2. The molecule has 0 saturated heterocycles. The second kappa shape index (κ2) is 8.96. The van der Waals surface area contributed by atoms with Gasteiger partial charge in [0.05, 0.1) is 5.52 Å². The minimum atomic E-state index is -0.905. The van der Waals surface area contributed by atoms with E-state index < -0.39 is 18.0 Å². The molecule has 33 heavy (non-hydrogen) atoms. The normalized spacial score (nSPS) is 12.0. The Kier molecular flexibility index (Phi) is 5.55. The first-order valence-electron chi connectivity index (χ1n) is 10.6. The highest BCUT2D eigenvalue weighted by Crippen LogP contribution is 2.20. The first kappa shape index (κ1) is 20.4.